The standard InChI is InChI=1S/C10H8BrNO4/c1-2-6-7(10(13)14)16-9(12-6)5-3-4-15-8(5)11/h3-4H,2H2,1H3,(H,13,14). The largest absolute Gasteiger partial charge is 0.475 e. The normalized spacial score (nSPS) is 10.6. The number of carboxylic acid groups (broad SMARTS) is 1. The molecule has 2 heterocycles. The summed E-state index contributed by atoms with van der Waals surface area (Å²) in [5.41, 5.74) is 1.03. The van der Waals surface area contributed by atoms with Crippen LogP contribution in [-0.4, -0.2) is 16.1 Å². The van der Waals surface area contributed by atoms with Crippen molar-refractivity contribution in [1.29, 1.82) is 0 Å². The van der Waals surface area contributed by atoms with Crippen molar-refractivity contribution in [1.82, 2.24) is 4.98 Å². The summed E-state index contributed by atoms with van der Waals surface area (Å²) in [5, 5.41) is 8.91. The van der Waals surface area contributed by atoms with Crippen LogP contribution in [0.25, 0.3) is 11.5 Å². The molecule has 0 unspecified atom stereocenters. The van der Waals surface area contributed by atoms with Gasteiger partial charge in [-0.15, -0.1) is 0 Å². The van der Waals surface area contributed by atoms with Crippen molar-refractivity contribution in [2.75, 3.05) is 0 Å². The van der Waals surface area contributed by atoms with Gasteiger partial charge in [-0.1, -0.05) is 6.92 Å². The molecule has 0 atom stereocenters. The maximum absolute atomic E-state index is 10.9. The van der Waals surface area contributed by atoms with E-state index < -0.39 is 5.97 Å². The molecule has 0 radical (unpaired) electrons. The highest BCUT2D eigenvalue weighted by molar-refractivity contribution is 9.10. The van der Waals surface area contributed by atoms with Crippen LogP contribution in [0.3, 0.4) is 0 Å². The minimum Gasteiger partial charge on any atom is -0.475 e. The molecule has 0 bridgehead atoms. The molecule has 0 spiro atoms. The van der Waals surface area contributed by atoms with Gasteiger partial charge in [-0.05, 0) is 28.4 Å². The number of hydrogen-bond acceptors (Lipinski definition) is 4. The van der Waals surface area contributed by atoms with Gasteiger partial charge in [-0.2, -0.15) is 0 Å². The van der Waals surface area contributed by atoms with Gasteiger partial charge in [0.1, 0.15) is 0 Å². The van der Waals surface area contributed by atoms with E-state index >= 15 is 0 Å². The Balaban J connectivity index is 2.52. The Kier molecular flexibility index (Phi) is 2.82. The molecule has 2 rings (SSSR count). The van der Waals surface area contributed by atoms with E-state index in [1.165, 1.54) is 6.26 Å². The van der Waals surface area contributed by atoms with Crippen LogP contribution in [0.5, 0.6) is 0 Å². The number of hydrogen-bond donors (Lipinski definition) is 1. The molecule has 0 saturated carbocycles. The zero-order valence-corrected chi connectivity index (χ0v) is 9.94. The maximum Gasteiger partial charge on any atom is 0.373 e. The average Bonchev–Trinajstić information content (AvgIpc) is 2.82. The summed E-state index contributed by atoms with van der Waals surface area (Å²) in [7, 11) is 0. The van der Waals surface area contributed by atoms with Crippen molar-refractivity contribution in [2.45, 2.75) is 13.3 Å². The van der Waals surface area contributed by atoms with Crippen LogP contribution in [0.2, 0.25) is 0 Å². The molecule has 84 valence electrons. The molecule has 0 saturated heterocycles. The molecule has 1 N–H and O–H groups in total. The Labute approximate surface area is 99.2 Å². The van der Waals surface area contributed by atoms with E-state index in [2.05, 4.69) is 20.9 Å². The number of oxazole rings is 1. The summed E-state index contributed by atoms with van der Waals surface area (Å²) in [5.74, 6) is -0.990. The number of furan rings is 1. The molecular formula is C10H8BrNO4. The van der Waals surface area contributed by atoms with Crippen LogP contribution < -0.4 is 0 Å². The molecule has 0 aliphatic carbocycles. The molecular weight excluding hydrogens is 278 g/mol. The zero-order valence-electron chi connectivity index (χ0n) is 8.36. The summed E-state index contributed by atoms with van der Waals surface area (Å²) >= 11 is 3.18. The second-order valence-electron chi connectivity index (χ2n) is 3.06. The molecule has 0 aromatic carbocycles. The molecule has 5 nitrogen and oxygen atoms in total. The summed E-state index contributed by atoms with van der Waals surface area (Å²) < 4.78 is 10.7. The summed E-state index contributed by atoms with van der Waals surface area (Å²) in [6.07, 6.45) is 1.97. The smallest absolute Gasteiger partial charge is 0.373 e. The van der Waals surface area contributed by atoms with Crippen molar-refractivity contribution in [3.8, 4) is 11.5 Å². The number of rotatable bonds is 3. The van der Waals surface area contributed by atoms with Crippen molar-refractivity contribution < 1.29 is 18.7 Å². The third-order valence-electron chi connectivity index (χ3n) is 2.07. The lowest BCUT2D eigenvalue weighted by atomic mass is 10.3. The maximum atomic E-state index is 10.9. The highest BCUT2D eigenvalue weighted by Gasteiger charge is 2.21. The van der Waals surface area contributed by atoms with E-state index in [1.54, 1.807) is 6.07 Å². The summed E-state index contributed by atoms with van der Waals surface area (Å²) in [4.78, 5) is 15.0. The Morgan fingerprint density at radius 3 is 2.81 bits per heavy atom. The molecule has 2 aromatic rings. The van der Waals surface area contributed by atoms with E-state index in [0.717, 1.165) is 0 Å². The first-order valence-electron chi connectivity index (χ1n) is 4.59. The van der Waals surface area contributed by atoms with Crippen molar-refractivity contribution in [3.05, 3.63) is 28.5 Å². The second kappa shape index (κ2) is 4.13. The second-order valence-corrected chi connectivity index (χ2v) is 3.78. The highest BCUT2D eigenvalue weighted by atomic mass is 79.9. The first-order valence-corrected chi connectivity index (χ1v) is 5.39. The van der Waals surface area contributed by atoms with E-state index in [9.17, 15) is 4.79 Å². The molecule has 0 fully saturated rings. The lowest BCUT2D eigenvalue weighted by Crippen LogP contribution is -1.98. The summed E-state index contributed by atoms with van der Waals surface area (Å²) in [6.45, 7) is 1.82. The van der Waals surface area contributed by atoms with Crippen LogP contribution in [-0.2, 0) is 6.42 Å². The minimum atomic E-state index is -1.12. The third-order valence-corrected chi connectivity index (χ3v) is 2.69. The van der Waals surface area contributed by atoms with Crippen LogP contribution in [0, 0.1) is 0 Å². The lowest BCUT2D eigenvalue weighted by molar-refractivity contribution is 0.0662. The fraction of sp³-hybridized carbons (Fsp3) is 0.200. The van der Waals surface area contributed by atoms with E-state index in [4.69, 9.17) is 13.9 Å². The number of aromatic carboxylic acids is 1. The van der Waals surface area contributed by atoms with Crippen LogP contribution in [0.4, 0.5) is 0 Å². The topological polar surface area (TPSA) is 76.5 Å². The SMILES string of the molecule is CCc1nc(-c2ccoc2Br)oc1C(=O)O. The molecule has 2 aromatic heterocycles. The highest BCUT2D eigenvalue weighted by Crippen LogP contribution is 2.30. The van der Waals surface area contributed by atoms with Crippen molar-refractivity contribution in [3.63, 3.8) is 0 Å². The van der Waals surface area contributed by atoms with Gasteiger partial charge < -0.3 is 13.9 Å². The van der Waals surface area contributed by atoms with Gasteiger partial charge in [0.2, 0.25) is 11.7 Å². The van der Waals surface area contributed by atoms with Crippen molar-refractivity contribution >= 4 is 21.9 Å². The molecule has 0 aliphatic heterocycles. The first-order chi connectivity index (χ1) is 7.63. The molecule has 0 amide bonds. The minimum absolute atomic E-state index is 0.120. The van der Waals surface area contributed by atoms with Gasteiger partial charge in [-0.3, -0.25) is 0 Å². The first kappa shape index (κ1) is 10.9. The van der Waals surface area contributed by atoms with Gasteiger partial charge >= 0.3 is 5.97 Å². The number of carboxylic acids is 1. The van der Waals surface area contributed by atoms with E-state index in [-0.39, 0.29) is 11.7 Å². The third kappa shape index (κ3) is 1.76. The van der Waals surface area contributed by atoms with Gasteiger partial charge in [0.05, 0.1) is 17.5 Å². The molecule has 16 heavy (non-hydrogen) atoms. The number of aromatic nitrogens is 1. The van der Waals surface area contributed by atoms with Crippen LogP contribution in [0.1, 0.15) is 23.2 Å². The number of nitrogens with zero attached hydrogens (tertiary/aromatic N) is 1. The van der Waals surface area contributed by atoms with Gasteiger partial charge in [-0.25, -0.2) is 9.78 Å². The fourth-order valence-electron chi connectivity index (χ4n) is 1.32. The van der Waals surface area contributed by atoms with Gasteiger partial charge in [0, 0.05) is 0 Å². The Bertz CT molecular complexity index is 529. The average molecular weight is 286 g/mol. The quantitative estimate of drug-likeness (QED) is 0.938. The Morgan fingerprint density at radius 2 is 2.38 bits per heavy atom. The van der Waals surface area contributed by atoms with E-state index in [0.29, 0.717) is 22.3 Å². The number of aryl methyl sites for hydroxylation is 1. The molecule has 6 heteroatoms. The summed E-state index contributed by atoms with van der Waals surface area (Å²) in [6, 6.07) is 1.65. The predicted octanol–water partition coefficient (Wildman–Crippen LogP) is 2.96. The zero-order chi connectivity index (χ0) is 11.7. The van der Waals surface area contributed by atoms with E-state index in [1.807, 2.05) is 6.92 Å². The Morgan fingerprint density at radius 1 is 1.62 bits per heavy atom. The van der Waals surface area contributed by atoms with Gasteiger partial charge in [0.15, 0.2) is 4.67 Å². The van der Waals surface area contributed by atoms with Gasteiger partial charge in [0.25, 0.3) is 0 Å². The number of halogens is 1. The van der Waals surface area contributed by atoms with Crippen LogP contribution in [0.15, 0.2) is 25.8 Å². The lowest BCUT2D eigenvalue weighted by Gasteiger charge is -1.89. The predicted molar refractivity (Wildman–Crippen MR) is 58.2 cm³/mol. The monoisotopic (exact) mass is 285 g/mol. The van der Waals surface area contributed by atoms with Crippen LogP contribution >= 0.6 is 15.9 Å². The fourth-order valence-corrected chi connectivity index (χ4v) is 1.73. The Hall–Kier alpha value is -1.56. The molecule has 0 aliphatic rings. The van der Waals surface area contributed by atoms with Crippen molar-refractivity contribution in [2.24, 2.45) is 0 Å². The number of carbonyl (C=O) groups is 1.